The van der Waals surface area contributed by atoms with Gasteiger partial charge in [0.1, 0.15) is 48.5 Å². The second kappa shape index (κ2) is 12.0. The lowest BCUT2D eigenvalue weighted by Gasteiger charge is -2.48. The van der Waals surface area contributed by atoms with Crippen molar-refractivity contribution in [1.82, 2.24) is 0 Å². The Balaban J connectivity index is 1.61. The van der Waals surface area contributed by atoms with Gasteiger partial charge in [-0.25, -0.2) is 0 Å². The van der Waals surface area contributed by atoms with Crippen LogP contribution in [0.2, 0.25) is 0 Å². The Morgan fingerprint density at radius 2 is 1.50 bits per heavy atom. The summed E-state index contributed by atoms with van der Waals surface area (Å²) >= 11 is 0. The molecule has 3 fully saturated rings. The summed E-state index contributed by atoms with van der Waals surface area (Å²) < 4.78 is 22.8. The summed E-state index contributed by atoms with van der Waals surface area (Å²) in [6.07, 6.45) is -10.8. The third-order valence-corrected chi connectivity index (χ3v) is 8.11. The first kappa shape index (κ1) is 29.8. The zero-order valence-electron chi connectivity index (χ0n) is 21.8. The van der Waals surface area contributed by atoms with Crippen LogP contribution in [0.5, 0.6) is 0 Å². The van der Waals surface area contributed by atoms with Gasteiger partial charge in [-0.3, -0.25) is 0 Å². The molecule has 0 aromatic heterocycles. The Kier molecular flexibility index (Phi) is 9.92. The average molecular weight is 521 g/mol. The van der Waals surface area contributed by atoms with E-state index in [0.29, 0.717) is 25.2 Å². The summed E-state index contributed by atoms with van der Waals surface area (Å²) in [6, 6.07) is 0. The van der Waals surface area contributed by atoms with Gasteiger partial charge in [-0.2, -0.15) is 0 Å². The number of hydrogen-bond acceptors (Lipinski definition) is 11. The largest absolute Gasteiger partial charge is 0.388 e. The van der Waals surface area contributed by atoms with Gasteiger partial charge in [0.2, 0.25) is 0 Å². The van der Waals surface area contributed by atoms with Crippen molar-refractivity contribution in [1.29, 1.82) is 0 Å². The topological polar surface area (TPSA) is 175 Å². The SMILES string of the molecule is CC(=O)CC[C@H]1[C@H](C)C[C@H](O[C@@H]2O[C@H](CO[C@@H]3O[C@@H](C)[C@H](O)[C@@H](O)[C@H]3O)[C@@H](O)[C@H](O)C2O)CC1(C)C. The third-order valence-electron chi connectivity index (χ3n) is 8.11. The maximum atomic E-state index is 11.5. The van der Waals surface area contributed by atoms with Crippen LogP contribution in [0.25, 0.3) is 0 Å². The van der Waals surface area contributed by atoms with Gasteiger partial charge in [0.05, 0.1) is 18.8 Å². The molecule has 3 rings (SSSR count). The standard InChI is InChI=1S/C25H44O11/c1-11-8-14(9-25(4,5)15(11)7-6-12(2)26)35-24-22(32)20(30)18(28)16(36-24)10-33-23-21(31)19(29)17(27)13(3)34-23/h11,13-24,27-32H,6-10H2,1-5H3/t11-,13+,14+,15+,16-,17+,18-,19-,20+,21-,22?,23-,24-/m1/s1. The summed E-state index contributed by atoms with van der Waals surface area (Å²) in [5.74, 6) is 0.773. The molecule has 0 amide bonds. The van der Waals surface area contributed by atoms with Crippen molar-refractivity contribution in [2.24, 2.45) is 17.3 Å². The minimum absolute atomic E-state index is 0.116. The molecule has 2 aliphatic heterocycles. The van der Waals surface area contributed by atoms with E-state index >= 15 is 0 Å². The van der Waals surface area contributed by atoms with Crippen LogP contribution in [-0.4, -0.2) is 111 Å². The predicted molar refractivity (Wildman–Crippen MR) is 125 cm³/mol. The van der Waals surface area contributed by atoms with Gasteiger partial charge in [-0.05, 0) is 50.4 Å². The molecule has 0 aromatic rings. The lowest BCUT2D eigenvalue weighted by Crippen LogP contribution is -2.61. The summed E-state index contributed by atoms with van der Waals surface area (Å²) in [5.41, 5.74) is -0.116. The van der Waals surface area contributed by atoms with Crippen molar-refractivity contribution in [3.63, 3.8) is 0 Å². The molecular formula is C25H44O11. The summed E-state index contributed by atoms with van der Waals surface area (Å²) in [5, 5.41) is 61.4. The number of rotatable bonds is 8. The lowest BCUT2D eigenvalue weighted by molar-refractivity contribution is -0.336. The van der Waals surface area contributed by atoms with E-state index in [4.69, 9.17) is 18.9 Å². The highest BCUT2D eigenvalue weighted by atomic mass is 16.7. The molecule has 1 saturated carbocycles. The fraction of sp³-hybridized carbons (Fsp3) is 0.960. The molecule has 2 heterocycles. The van der Waals surface area contributed by atoms with Crippen LogP contribution in [0.4, 0.5) is 0 Å². The molecule has 13 atom stereocenters. The van der Waals surface area contributed by atoms with Crippen LogP contribution in [0.1, 0.15) is 60.3 Å². The number of carbonyl (C=O) groups is 1. The quantitative estimate of drug-likeness (QED) is 0.242. The van der Waals surface area contributed by atoms with E-state index in [0.717, 1.165) is 6.42 Å². The Morgan fingerprint density at radius 3 is 2.11 bits per heavy atom. The second-order valence-electron chi connectivity index (χ2n) is 11.5. The highest BCUT2D eigenvalue weighted by Gasteiger charge is 2.49. The Labute approximate surface area is 212 Å². The zero-order valence-corrected chi connectivity index (χ0v) is 21.8. The normalized spacial score (nSPS) is 47.5. The molecule has 11 heteroatoms. The van der Waals surface area contributed by atoms with Crippen molar-refractivity contribution in [3.05, 3.63) is 0 Å². The van der Waals surface area contributed by atoms with E-state index in [2.05, 4.69) is 20.8 Å². The molecule has 1 unspecified atom stereocenters. The lowest BCUT2D eigenvalue weighted by atomic mass is 9.61. The molecule has 36 heavy (non-hydrogen) atoms. The molecular weight excluding hydrogens is 476 g/mol. The molecule has 6 N–H and O–H groups in total. The van der Waals surface area contributed by atoms with E-state index < -0.39 is 61.4 Å². The summed E-state index contributed by atoms with van der Waals surface area (Å²) in [4.78, 5) is 11.5. The average Bonchev–Trinajstić information content (AvgIpc) is 2.79. The predicted octanol–water partition coefficient (Wildman–Crippen LogP) is -0.535. The Hall–Kier alpha value is -0.730. The number of aliphatic hydroxyl groups is 6. The molecule has 0 bridgehead atoms. The van der Waals surface area contributed by atoms with E-state index in [1.807, 2.05) is 0 Å². The van der Waals surface area contributed by atoms with Gasteiger partial charge in [0.25, 0.3) is 0 Å². The maximum Gasteiger partial charge on any atom is 0.186 e. The summed E-state index contributed by atoms with van der Waals surface area (Å²) in [6.45, 7) is 9.18. The second-order valence-corrected chi connectivity index (χ2v) is 11.5. The maximum absolute atomic E-state index is 11.5. The third kappa shape index (κ3) is 6.63. The summed E-state index contributed by atoms with van der Waals surface area (Å²) in [7, 11) is 0. The molecule has 210 valence electrons. The zero-order chi connectivity index (χ0) is 26.9. The van der Waals surface area contributed by atoms with Gasteiger partial charge in [0.15, 0.2) is 12.6 Å². The minimum atomic E-state index is -1.56. The van der Waals surface area contributed by atoms with Crippen LogP contribution in [-0.2, 0) is 23.7 Å². The van der Waals surface area contributed by atoms with Crippen LogP contribution < -0.4 is 0 Å². The molecule has 0 radical (unpaired) electrons. The fourth-order valence-corrected chi connectivity index (χ4v) is 6.01. The van der Waals surface area contributed by atoms with Crippen LogP contribution in [0.15, 0.2) is 0 Å². The van der Waals surface area contributed by atoms with Crippen LogP contribution >= 0.6 is 0 Å². The molecule has 3 aliphatic rings. The van der Waals surface area contributed by atoms with Gasteiger partial charge in [-0.1, -0.05) is 20.8 Å². The highest BCUT2D eigenvalue weighted by Crippen LogP contribution is 2.47. The van der Waals surface area contributed by atoms with E-state index in [1.165, 1.54) is 6.92 Å². The number of Topliss-reactive ketones (excluding diaryl/α,β-unsaturated/α-hetero) is 1. The first-order valence-corrected chi connectivity index (χ1v) is 12.9. The van der Waals surface area contributed by atoms with Gasteiger partial charge >= 0.3 is 0 Å². The molecule has 1 aliphatic carbocycles. The van der Waals surface area contributed by atoms with Gasteiger partial charge < -0.3 is 54.4 Å². The van der Waals surface area contributed by atoms with Gasteiger partial charge in [-0.15, -0.1) is 0 Å². The fourth-order valence-electron chi connectivity index (χ4n) is 6.01. The van der Waals surface area contributed by atoms with Crippen molar-refractivity contribution in [2.75, 3.05) is 6.61 Å². The minimum Gasteiger partial charge on any atom is -0.388 e. The molecule has 0 aromatic carbocycles. The van der Waals surface area contributed by atoms with Crippen molar-refractivity contribution < 1.29 is 54.4 Å². The highest BCUT2D eigenvalue weighted by molar-refractivity contribution is 5.75. The first-order valence-electron chi connectivity index (χ1n) is 12.9. The van der Waals surface area contributed by atoms with Crippen molar-refractivity contribution in [3.8, 4) is 0 Å². The number of ketones is 1. The van der Waals surface area contributed by atoms with Crippen LogP contribution in [0, 0.1) is 17.3 Å². The smallest absolute Gasteiger partial charge is 0.186 e. The van der Waals surface area contributed by atoms with Gasteiger partial charge in [0, 0.05) is 6.42 Å². The molecule has 0 spiro atoms. The molecule has 11 nitrogen and oxygen atoms in total. The molecule has 2 saturated heterocycles. The Morgan fingerprint density at radius 1 is 0.889 bits per heavy atom. The van der Waals surface area contributed by atoms with E-state index in [9.17, 15) is 35.4 Å². The van der Waals surface area contributed by atoms with E-state index in [1.54, 1.807) is 6.92 Å². The number of ether oxygens (including phenoxy) is 4. The Bertz CT molecular complexity index is 733. The van der Waals surface area contributed by atoms with Crippen molar-refractivity contribution >= 4 is 5.78 Å². The first-order chi connectivity index (χ1) is 16.7. The number of hydrogen-bond donors (Lipinski definition) is 6. The van der Waals surface area contributed by atoms with Crippen LogP contribution in [0.3, 0.4) is 0 Å². The number of carbonyl (C=O) groups excluding carboxylic acids is 1. The monoisotopic (exact) mass is 520 g/mol. The van der Waals surface area contributed by atoms with Crippen molar-refractivity contribution in [2.45, 2.75) is 128 Å². The van der Waals surface area contributed by atoms with E-state index in [-0.39, 0.29) is 29.8 Å². The number of aliphatic hydroxyl groups excluding tert-OH is 6.